The fourth-order valence-electron chi connectivity index (χ4n) is 1.03. The molecule has 2 atom stereocenters. The van der Waals surface area contributed by atoms with E-state index in [4.69, 9.17) is 9.66 Å². The lowest BCUT2D eigenvalue weighted by Crippen LogP contribution is -2.39. The Morgan fingerprint density at radius 2 is 1.86 bits per heavy atom. The van der Waals surface area contributed by atoms with Gasteiger partial charge in [-0.25, -0.2) is 0 Å². The number of carbonyl (C=O) groups excluding carboxylic acids is 1. The van der Waals surface area contributed by atoms with Crippen LogP contribution in [0, 0.1) is 5.92 Å². The van der Waals surface area contributed by atoms with Gasteiger partial charge < -0.3 is 5.11 Å². The van der Waals surface area contributed by atoms with Crippen molar-refractivity contribution in [2.75, 3.05) is 0 Å². The van der Waals surface area contributed by atoms with Gasteiger partial charge in [-0.3, -0.25) is 14.1 Å². The van der Waals surface area contributed by atoms with E-state index in [1.165, 1.54) is 6.92 Å². The quantitative estimate of drug-likeness (QED) is 0.455. The van der Waals surface area contributed by atoms with Gasteiger partial charge in [-0.05, 0) is 6.42 Å². The van der Waals surface area contributed by atoms with Gasteiger partial charge >= 0.3 is 5.97 Å². The average Bonchev–Trinajstić information content (AvgIpc) is 1.95. The van der Waals surface area contributed by atoms with Crippen LogP contribution < -0.4 is 0 Å². The monoisotopic (exact) mass is 242 g/mol. The fourth-order valence-corrected chi connectivity index (χ4v) is 2.44. The third-order valence-electron chi connectivity index (χ3n) is 1.69. The first-order valence-corrected chi connectivity index (χ1v) is 5.58. The zero-order valence-corrected chi connectivity index (χ0v) is 8.96. The molecule has 2 N–H and O–H groups in total. The molecule has 0 saturated carbocycles. The summed E-state index contributed by atoms with van der Waals surface area (Å²) < 4.78 is 29.9. The molecule has 14 heavy (non-hydrogen) atoms. The number of hydrogen-bond acceptors (Lipinski definition) is 4. The molecule has 6 nitrogen and oxygen atoms in total. The van der Waals surface area contributed by atoms with Crippen LogP contribution in [0.1, 0.15) is 13.3 Å². The summed E-state index contributed by atoms with van der Waals surface area (Å²) in [5.41, 5.74) is 0. The van der Waals surface area contributed by atoms with E-state index in [-0.39, 0.29) is 6.42 Å². The number of thiol groups is 1. The molecule has 0 radical (unpaired) electrons. The minimum atomic E-state index is -4.79. The molecule has 0 amide bonds. The van der Waals surface area contributed by atoms with E-state index in [1.807, 2.05) is 0 Å². The molecule has 0 aliphatic rings. The van der Waals surface area contributed by atoms with Crippen LogP contribution in [0.25, 0.3) is 0 Å². The van der Waals surface area contributed by atoms with E-state index >= 15 is 0 Å². The smallest absolute Gasteiger partial charge is 0.325 e. The largest absolute Gasteiger partial charge is 0.480 e. The molecule has 82 valence electrons. The predicted octanol–water partition coefficient (Wildman–Crippen LogP) is -0.190. The maximum absolute atomic E-state index is 10.8. The van der Waals surface area contributed by atoms with E-state index in [1.54, 1.807) is 0 Å². The summed E-state index contributed by atoms with van der Waals surface area (Å²) in [4.78, 5) is 21.3. The van der Waals surface area contributed by atoms with Crippen molar-refractivity contribution in [2.45, 2.75) is 18.6 Å². The molecule has 0 fully saturated rings. The Labute approximate surface area is 86.5 Å². The lowest BCUT2D eigenvalue weighted by molar-refractivity contribution is -0.139. The van der Waals surface area contributed by atoms with Gasteiger partial charge in [-0.1, -0.05) is 6.92 Å². The summed E-state index contributed by atoms with van der Waals surface area (Å²) >= 11 is 3.36. The van der Waals surface area contributed by atoms with Crippen LogP contribution in [0.2, 0.25) is 0 Å². The van der Waals surface area contributed by atoms with Gasteiger partial charge in [0, 0.05) is 0 Å². The number of rotatable bonds is 5. The molecule has 0 aromatic carbocycles. The molecule has 2 unspecified atom stereocenters. The van der Waals surface area contributed by atoms with Gasteiger partial charge in [-0.2, -0.15) is 8.42 Å². The molecule has 0 aromatic rings. The van der Waals surface area contributed by atoms with Crippen molar-refractivity contribution in [1.29, 1.82) is 0 Å². The first kappa shape index (κ1) is 13.4. The van der Waals surface area contributed by atoms with Crippen molar-refractivity contribution in [3.05, 3.63) is 0 Å². The predicted molar refractivity (Wildman–Crippen MR) is 50.7 cm³/mol. The van der Waals surface area contributed by atoms with Crippen LogP contribution >= 0.6 is 12.6 Å². The highest BCUT2D eigenvalue weighted by molar-refractivity contribution is 7.96. The molecular formula is C6H10O6S2. The zero-order valence-electron chi connectivity index (χ0n) is 7.24. The minimum absolute atomic E-state index is 0.0287. The Balaban J connectivity index is 5.21. The van der Waals surface area contributed by atoms with Gasteiger partial charge in [0.05, 0.1) is 5.92 Å². The Hall–Kier alpha value is -0.600. The van der Waals surface area contributed by atoms with Crippen LogP contribution in [-0.2, 0) is 19.7 Å². The molecule has 0 aliphatic heterocycles. The highest BCUT2D eigenvalue weighted by atomic mass is 32.2. The van der Waals surface area contributed by atoms with E-state index in [9.17, 15) is 18.0 Å². The topological polar surface area (TPSA) is 109 Å². The molecule has 0 saturated heterocycles. The third kappa shape index (κ3) is 3.28. The van der Waals surface area contributed by atoms with Crippen molar-refractivity contribution < 1.29 is 27.7 Å². The summed E-state index contributed by atoms with van der Waals surface area (Å²) in [6.07, 6.45) is -0.0287. The maximum atomic E-state index is 10.8. The number of carboxylic acids is 1. The first-order valence-electron chi connectivity index (χ1n) is 3.63. The zero-order chi connectivity index (χ0) is 11.5. The van der Waals surface area contributed by atoms with Crippen LogP contribution in [0.5, 0.6) is 0 Å². The van der Waals surface area contributed by atoms with Crippen molar-refractivity contribution >= 4 is 33.8 Å². The van der Waals surface area contributed by atoms with Crippen molar-refractivity contribution in [1.82, 2.24) is 0 Å². The Kier molecular flexibility index (Phi) is 4.56. The number of carbonyl (C=O) groups is 2. The second kappa shape index (κ2) is 4.76. The van der Waals surface area contributed by atoms with Gasteiger partial charge in [0.2, 0.25) is 0 Å². The van der Waals surface area contributed by atoms with Crippen LogP contribution in [0.3, 0.4) is 0 Å². The summed E-state index contributed by atoms with van der Waals surface area (Å²) in [6.45, 7) is 1.43. The van der Waals surface area contributed by atoms with Crippen LogP contribution in [-0.4, -0.2) is 34.4 Å². The second-order valence-electron chi connectivity index (χ2n) is 2.63. The SMILES string of the molecule is CCC(C(=O)S)C(C(=O)O)S(=O)(=O)O. The fraction of sp³-hybridized carbons (Fsp3) is 0.667. The highest BCUT2D eigenvalue weighted by Crippen LogP contribution is 2.18. The minimum Gasteiger partial charge on any atom is -0.480 e. The summed E-state index contributed by atoms with van der Waals surface area (Å²) in [5.74, 6) is -3.10. The van der Waals surface area contributed by atoms with Crippen LogP contribution in [0.4, 0.5) is 0 Å². The Morgan fingerprint density at radius 3 is 1.93 bits per heavy atom. The van der Waals surface area contributed by atoms with E-state index in [2.05, 4.69) is 12.6 Å². The molecule has 0 spiro atoms. The molecule has 0 aromatic heterocycles. The highest BCUT2D eigenvalue weighted by Gasteiger charge is 2.40. The van der Waals surface area contributed by atoms with Gasteiger partial charge in [-0.15, -0.1) is 12.6 Å². The average molecular weight is 242 g/mol. The van der Waals surface area contributed by atoms with E-state index in [0.717, 1.165) is 0 Å². The van der Waals surface area contributed by atoms with E-state index in [0.29, 0.717) is 0 Å². The Morgan fingerprint density at radius 1 is 1.43 bits per heavy atom. The molecule has 0 bridgehead atoms. The van der Waals surface area contributed by atoms with Gasteiger partial charge in [0.1, 0.15) is 0 Å². The number of aliphatic carboxylic acids is 1. The van der Waals surface area contributed by atoms with Crippen LogP contribution in [0.15, 0.2) is 0 Å². The molecule has 0 heterocycles. The molecule has 0 aliphatic carbocycles. The Bertz CT molecular complexity index is 332. The molecule has 0 rings (SSSR count). The van der Waals surface area contributed by atoms with Gasteiger partial charge in [0.25, 0.3) is 10.1 Å². The molecular weight excluding hydrogens is 232 g/mol. The summed E-state index contributed by atoms with van der Waals surface area (Å²) in [7, 11) is -4.79. The van der Waals surface area contributed by atoms with E-state index < -0.39 is 32.4 Å². The standard InChI is InChI=1S/C6H10O6S2/c1-2-3(6(9)13)4(5(7)8)14(10,11)12/h3-4H,2H2,1H3,(H,7,8)(H,9,13)(H,10,11,12). The lowest BCUT2D eigenvalue weighted by atomic mass is 10.0. The third-order valence-corrected chi connectivity index (χ3v) is 3.19. The van der Waals surface area contributed by atoms with Crippen molar-refractivity contribution in [3.8, 4) is 0 Å². The van der Waals surface area contributed by atoms with Gasteiger partial charge in [0.15, 0.2) is 10.4 Å². The maximum Gasteiger partial charge on any atom is 0.325 e. The second-order valence-corrected chi connectivity index (χ2v) is 4.61. The molecule has 8 heteroatoms. The summed E-state index contributed by atoms with van der Waals surface area (Å²) in [5, 5.41) is 5.52. The summed E-state index contributed by atoms with van der Waals surface area (Å²) in [6, 6.07) is 0. The normalized spacial score (nSPS) is 15.9. The van der Waals surface area contributed by atoms with Crippen molar-refractivity contribution in [3.63, 3.8) is 0 Å². The number of hydrogen-bond donors (Lipinski definition) is 3. The first-order chi connectivity index (χ1) is 6.21. The number of carboxylic acid groups (broad SMARTS) is 1. The van der Waals surface area contributed by atoms with Crippen molar-refractivity contribution in [2.24, 2.45) is 5.92 Å². The lowest BCUT2D eigenvalue weighted by Gasteiger charge is -2.16.